The van der Waals surface area contributed by atoms with Crippen LogP contribution in [0.15, 0.2) is 30.3 Å². The molecule has 52 heavy (non-hydrogen) atoms. The molecule has 2 bridgehead atoms. The lowest BCUT2D eigenvalue weighted by Crippen LogP contribution is -2.55. The van der Waals surface area contributed by atoms with Gasteiger partial charge in [-0.05, 0) is 74.4 Å². The molecule has 1 amide bonds. The van der Waals surface area contributed by atoms with E-state index in [9.17, 15) is 23.5 Å². The number of anilines is 1. The maximum absolute atomic E-state index is 17.4. The Hall–Kier alpha value is -4.76. The number of Topliss-reactive ketones (excluding diaryl/α,β-unsaturated/α-hetero) is 1. The number of piperazine rings is 1. The molecule has 0 saturated carbocycles. The van der Waals surface area contributed by atoms with Gasteiger partial charge in [-0.25, -0.2) is 22.4 Å². The summed E-state index contributed by atoms with van der Waals surface area (Å²) < 4.78 is 79.3. The van der Waals surface area contributed by atoms with Crippen molar-refractivity contribution in [2.24, 2.45) is 0 Å². The number of carboxylic acid groups (broad SMARTS) is 1. The summed E-state index contributed by atoms with van der Waals surface area (Å²) in [6.07, 6.45) is 1.12. The minimum Gasteiger partial charge on any atom is -0.468 e. The van der Waals surface area contributed by atoms with Crippen LogP contribution in [0.3, 0.4) is 0 Å². The second kappa shape index (κ2) is 13.0. The fourth-order valence-corrected chi connectivity index (χ4v) is 8.85. The molecular formula is C37H37F4N5O6. The molecular weight excluding hydrogens is 686 g/mol. The van der Waals surface area contributed by atoms with Crippen LogP contribution in [0.1, 0.15) is 49.4 Å². The summed E-state index contributed by atoms with van der Waals surface area (Å²) in [5.74, 6) is -3.56. The fraction of sp³-hybridized carbons (Fsp3) is 0.459. The molecule has 0 unspecified atom stereocenters. The van der Waals surface area contributed by atoms with E-state index in [2.05, 4.69) is 9.88 Å². The summed E-state index contributed by atoms with van der Waals surface area (Å²) in [5.41, 5.74) is -1.39. The number of fused-ring (bicyclic) bond motifs is 5. The highest BCUT2D eigenvalue weighted by Gasteiger charge is 2.49. The monoisotopic (exact) mass is 723 g/mol. The van der Waals surface area contributed by atoms with Crippen molar-refractivity contribution < 1.29 is 46.5 Å². The molecule has 274 valence electrons. The normalized spacial score (nSPS) is 24.2. The van der Waals surface area contributed by atoms with Gasteiger partial charge >= 0.3 is 12.1 Å². The number of ketones is 1. The number of rotatable bonds is 9. The molecule has 0 aliphatic carbocycles. The molecule has 0 spiro atoms. The highest BCUT2D eigenvalue weighted by Crippen LogP contribution is 2.44. The first-order valence-electron chi connectivity index (χ1n) is 17.3. The lowest BCUT2D eigenvalue weighted by atomic mass is 9.90. The fourth-order valence-electron chi connectivity index (χ4n) is 8.85. The molecule has 8 rings (SSSR count). The topological polar surface area (TPSA) is 118 Å². The predicted octanol–water partition coefficient (Wildman–Crippen LogP) is 6.34. The molecule has 4 saturated heterocycles. The standard InChI is InChI=1S/C37H37F4N5O6/c1-19(47)25-12-27-33(32(41)30(25)26-11-24(52-18-50-2)10-20-4-7-28(39)31(40)29(20)26)42-35(51-17-37-8-3-9-45(37)14-21(38)13-37)43-34(27)44-15-22-5-6-23(16-44)46(22)36(48)49/h4,7,10-12,21-23H,3,5-6,8-9,13-18H2,1-2H3,(H,48,49)/t21-,22-,23+,37+/m1/s1. The van der Waals surface area contributed by atoms with Crippen LogP contribution >= 0.6 is 0 Å². The van der Waals surface area contributed by atoms with Crippen LogP contribution in [-0.4, -0.2) is 107 Å². The minimum absolute atomic E-state index is 0.0599. The average Bonchev–Trinajstić information content (AvgIpc) is 3.74. The van der Waals surface area contributed by atoms with E-state index in [1.807, 2.05) is 4.90 Å². The van der Waals surface area contributed by atoms with Crippen LogP contribution in [0.2, 0.25) is 0 Å². The van der Waals surface area contributed by atoms with E-state index in [0.29, 0.717) is 25.8 Å². The zero-order valence-electron chi connectivity index (χ0n) is 28.6. The van der Waals surface area contributed by atoms with Gasteiger partial charge in [-0.1, -0.05) is 6.07 Å². The first-order chi connectivity index (χ1) is 25.0. The number of amides is 1. The second-order valence-corrected chi connectivity index (χ2v) is 14.2. The maximum atomic E-state index is 17.4. The Labute approximate surface area is 296 Å². The number of methoxy groups -OCH3 is 1. The van der Waals surface area contributed by atoms with E-state index >= 15 is 8.78 Å². The SMILES string of the molecule is COCOc1cc(-c2c(C(C)=O)cc3c(N4C[C@H]5CC[C@@H](C4)N5C(=O)O)nc(OC[C@@]45CCCN4C[C@H](F)C5)nc3c2F)c2c(F)c(F)ccc2c1. The molecule has 1 aromatic heterocycles. The highest BCUT2D eigenvalue weighted by molar-refractivity contribution is 6.11. The summed E-state index contributed by atoms with van der Waals surface area (Å²) in [6.45, 7) is 2.65. The van der Waals surface area contributed by atoms with Crippen molar-refractivity contribution in [1.29, 1.82) is 0 Å². The van der Waals surface area contributed by atoms with E-state index in [1.54, 1.807) is 0 Å². The van der Waals surface area contributed by atoms with Crippen LogP contribution in [0, 0.1) is 17.5 Å². The van der Waals surface area contributed by atoms with Gasteiger partial charge in [0.25, 0.3) is 0 Å². The van der Waals surface area contributed by atoms with E-state index < -0.39 is 41.0 Å². The third kappa shape index (κ3) is 5.65. The van der Waals surface area contributed by atoms with Gasteiger partial charge in [0.05, 0.1) is 17.6 Å². The van der Waals surface area contributed by atoms with E-state index in [1.165, 1.54) is 43.2 Å². The molecule has 4 atom stereocenters. The number of halogens is 4. The maximum Gasteiger partial charge on any atom is 0.407 e. The number of alkyl halides is 1. The largest absolute Gasteiger partial charge is 0.468 e. The third-order valence-corrected chi connectivity index (χ3v) is 11.1. The van der Waals surface area contributed by atoms with Crippen LogP contribution < -0.4 is 14.4 Å². The number of ether oxygens (including phenoxy) is 3. The summed E-state index contributed by atoms with van der Waals surface area (Å²) in [4.78, 5) is 40.1. The van der Waals surface area contributed by atoms with Crippen LogP contribution in [0.25, 0.3) is 32.8 Å². The van der Waals surface area contributed by atoms with Crippen molar-refractivity contribution >= 4 is 39.4 Å². The first kappa shape index (κ1) is 34.3. The quantitative estimate of drug-likeness (QED) is 0.119. The lowest BCUT2D eigenvalue weighted by Gasteiger charge is -2.40. The molecule has 15 heteroatoms. The lowest BCUT2D eigenvalue weighted by molar-refractivity contribution is 0.0512. The van der Waals surface area contributed by atoms with E-state index in [4.69, 9.17) is 19.2 Å². The second-order valence-electron chi connectivity index (χ2n) is 14.2. The Morgan fingerprint density at radius 3 is 2.50 bits per heavy atom. The number of carbonyl (C=O) groups excluding carboxylic acids is 1. The molecule has 0 radical (unpaired) electrons. The van der Waals surface area contributed by atoms with Crippen molar-refractivity contribution in [2.45, 2.75) is 62.8 Å². The van der Waals surface area contributed by atoms with Crippen molar-refractivity contribution in [2.75, 3.05) is 51.6 Å². The molecule has 4 aromatic rings. The van der Waals surface area contributed by atoms with Gasteiger partial charge < -0.3 is 24.2 Å². The van der Waals surface area contributed by atoms with Crippen molar-refractivity contribution in [3.8, 4) is 22.9 Å². The van der Waals surface area contributed by atoms with Gasteiger partial charge in [0.15, 0.2) is 30.0 Å². The van der Waals surface area contributed by atoms with Gasteiger partial charge in [-0.2, -0.15) is 9.97 Å². The zero-order valence-corrected chi connectivity index (χ0v) is 28.6. The summed E-state index contributed by atoms with van der Waals surface area (Å²) in [6, 6.07) is 5.64. The zero-order chi connectivity index (χ0) is 36.5. The Morgan fingerprint density at radius 1 is 1.02 bits per heavy atom. The number of benzene rings is 3. The summed E-state index contributed by atoms with van der Waals surface area (Å²) >= 11 is 0. The Morgan fingerprint density at radius 2 is 1.79 bits per heavy atom. The highest BCUT2D eigenvalue weighted by atomic mass is 19.2. The number of carbonyl (C=O) groups is 2. The molecule has 4 fully saturated rings. The molecule has 11 nitrogen and oxygen atoms in total. The molecule has 4 aliphatic rings. The average molecular weight is 724 g/mol. The summed E-state index contributed by atoms with van der Waals surface area (Å²) in [7, 11) is 1.41. The van der Waals surface area contributed by atoms with Gasteiger partial charge in [0.2, 0.25) is 0 Å². The number of aromatic nitrogens is 2. The van der Waals surface area contributed by atoms with Crippen molar-refractivity contribution in [3.05, 3.63) is 53.3 Å². The number of hydrogen-bond acceptors (Lipinski definition) is 9. The van der Waals surface area contributed by atoms with Gasteiger partial charge in [0.1, 0.15) is 29.9 Å². The minimum atomic E-state index is -1.23. The smallest absolute Gasteiger partial charge is 0.407 e. The molecule has 3 aromatic carbocycles. The number of hydrogen-bond donors (Lipinski definition) is 1. The molecule has 5 heterocycles. The van der Waals surface area contributed by atoms with Crippen LogP contribution in [0.4, 0.5) is 28.2 Å². The Bertz CT molecular complexity index is 2110. The summed E-state index contributed by atoms with van der Waals surface area (Å²) in [5, 5.41) is 9.98. The van der Waals surface area contributed by atoms with Gasteiger partial charge in [-0.3, -0.25) is 14.6 Å². The van der Waals surface area contributed by atoms with Gasteiger partial charge in [-0.15, -0.1) is 0 Å². The Kier molecular flexibility index (Phi) is 8.60. The van der Waals surface area contributed by atoms with Crippen LogP contribution in [0.5, 0.6) is 11.8 Å². The van der Waals surface area contributed by atoms with Gasteiger partial charge in [0, 0.05) is 55.1 Å². The molecule has 4 aliphatic heterocycles. The Balaban J connectivity index is 1.33. The predicted molar refractivity (Wildman–Crippen MR) is 182 cm³/mol. The van der Waals surface area contributed by atoms with Crippen molar-refractivity contribution in [1.82, 2.24) is 19.8 Å². The van der Waals surface area contributed by atoms with E-state index in [0.717, 1.165) is 19.0 Å². The number of nitrogens with zero attached hydrogens (tertiary/aromatic N) is 5. The van der Waals surface area contributed by atoms with E-state index in [-0.39, 0.29) is 101 Å². The van der Waals surface area contributed by atoms with Crippen molar-refractivity contribution in [3.63, 3.8) is 0 Å². The first-order valence-corrected chi connectivity index (χ1v) is 17.3. The third-order valence-electron chi connectivity index (χ3n) is 11.1. The molecule has 1 N–H and O–H groups in total. The van der Waals surface area contributed by atoms with Crippen LogP contribution in [-0.2, 0) is 4.74 Å².